The van der Waals surface area contributed by atoms with E-state index in [1.165, 1.54) is 11.1 Å². The van der Waals surface area contributed by atoms with Crippen LogP contribution >= 0.6 is 11.3 Å². The number of hydrogen-bond acceptors (Lipinski definition) is 4. The molecule has 2 amide bonds. The number of ether oxygens (including phenoxy) is 2. The van der Waals surface area contributed by atoms with Crippen molar-refractivity contribution in [3.63, 3.8) is 0 Å². The monoisotopic (exact) mass is 408 g/mol. The zero-order valence-electron chi connectivity index (χ0n) is 16.3. The highest BCUT2D eigenvalue weighted by atomic mass is 32.1. The minimum absolute atomic E-state index is 0.104. The van der Waals surface area contributed by atoms with Gasteiger partial charge in [-0.15, -0.1) is 0 Å². The number of methoxy groups -OCH3 is 1. The fourth-order valence-corrected chi connectivity index (χ4v) is 4.13. The van der Waals surface area contributed by atoms with E-state index in [-0.39, 0.29) is 12.1 Å². The number of hydrogen-bond donors (Lipinski definition) is 1. The van der Waals surface area contributed by atoms with E-state index in [4.69, 9.17) is 9.47 Å². The highest BCUT2D eigenvalue weighted by Crippen LogP contribution is 2.27. The van der Waals surface area contributed by atoms with Gasteiger partial charge in [-0.1, -0.05) is 24.3 Å². The van der Waals surface area contributed by atoms with Crippen LogP contribution in [0.25, 0.3) is 11.1 Å². The van der Waals surface area contributed by atoms with Gasteiger partial charge in [-0.2, -0.15) is 11.3 Å². The second-order valence-corrected chi connectivity index (χ2v) is 7.75. The van der Waals surface area contributed by atoms with Crippen LogP contribution in [0.3, 0.4) is 0 Å². The number of carbonyl (C=O) groups is 1. The summed E-state index contributed by atoms with van der Waals surface area (Å²) in [6.45, 7) is 1.33. The number of piperidine rings is 1. The first-order chi connectivity index (χ1) is 14.2. The maximum absolute atomic E-state index is 12.6. The summed E-state index contributed by atoms with van der Waals surface area (Å²) in [5.41, 5.74) is 3.11. The number of carbonyl (C=O) groups excluding carboxylic acids is 1. The Balaban J connectivity index is 1.28. The molecule has 1 aromatic heterocycles. The molecule has 3 aromatic rings. The van der Waals surface area contributed by atoms with Gasteiger partial charge in [0.2, 0.25) is 0 Å². The van der Waals surface area contributed by atoms with E-state index in [0.717, 1.165) is 18.6 Å². The van der Waals surface area contributed by atoms with E-state index < -0.39 is 0 Å². The van der Waals surface area contributed by atoms with Gasteiger partial charge in [0.05, 0.1) is 12.8 Å². The highest BCUT2D eigenvalue weighted by molar-refractivity contribution is 7.08. The van der Waals surface area contributed by atoms with Crippen LogP contribution in [-0.2, 0) is 0 Å². The zero-order valence-corrected chi connectivity index (χ0v) is 17.2. The van der Waals surface area contributed by atoms with Crippen LogP contribution in [0.15, 0.2) is 65.4 Å². The lowest BCUT2D eigenvalue weighted by atomic mass is 10.1. The first kappa shape index (κ1) is 19.3. The summed E-state index contributed by atoms with van der Waals surface area (Å²) in [6.07, 6.45) is 1.74. The van der Waals surface area contributed by atoms with Crippen LogP contribution in [0.4, 0.5) is 10.5 Å². The Labute approximate surface area is 174 Å². The predicted molar refractivity (Wildman–Crippen MR) is 117 cm³/mol. The minimum Gasteiger partial charge on any atom is -0.495 e. The fourth-order valence-electron chi connectivity index (χ4n) is 3.47. The maximum atomic E-state index is 12.6. The highest BCUT2D eigenvalue weighted by Gasteiger charge is 2.24. The van der Waals surface area contributed by atoms with Gasteiger partial charge in [0.15, 0.2) is 0 Å². The van der Waals surface area contributed by atoms with Gasteiger partial charge in [0, 0.05) is 25.9 Å². The van der Waals surface area contributed by atoms with Crippen molar-refractivity contribution in [2.75, 3.05) is 25.5 Å². The number of urea groups is 1. The number of nitrogens with zero attached hydrogens (tertiary/aromatic N) is 1. The Bertz CT molecular complexity index is 933. The molecule has 29 heavy (non-hydrogen) atoms. The summed E-state index contributed by atoms with van der Waals surface area (Å²) in [6, 6.07) is 17.7. The van der Waals surface area contributed by atoms with E-state index in [1.807, 2.05) is 41.3 Å². The number of thiophene rings is 1. The lowest BCUT2D eigenvalue weighted by molar-refractivity contribution is 0.115. The molecule has 0 aliphatic carbocycles. The summed E-state index contributed by atoms with van der Waals surface area (Å²) < 4.78 is 11.4. The average molecular weight is 409 g/mol. The third-order valence-electron chi connectivity index (χ3n) is 5.09. The van der Waals surface area contributed by atoms with E-state index in [0.29, 0.717) is 24.5 Å². The molecule has 1 N–H and O–H groups in total. The molecule has 4 rings (SSSR count). The van der Waals surface area contributed by atoms with Gasteiger partial charge < -0.3 is 19.7 Å². The van der Waals surface area contributed by atoms with Crippen molar-refractivity contribution in [3.05, 3.63) is 65.4 Å². The number of nitrogens with one attached hydrogen (secondary N) is 1. The van der Waals surface area contributed by atoms with Crippen molar-refractivity contribution in [1.29, 1.82) is 0 Å². The van der Waals surface area contributed by atoms with Gasteiger partial charge >= 0.3 is 6.03 Å². The number of para-hydroxylation sites is 2. The smallest absolute Gasteiger partial charge is 0.321 e. The van der Waals surface area contributed by atoms with Gasteiger partial charge in [-0.25, -0.2) is 4.79 Å². The Kier molecular flexibility index (Phi) is 6.00. The summed E-state index contributed by atoms with van der Waals surface area (Å²) in [5.74, 6) is 1.53. The maximum Gasteiger partial charge on any atom is 0.321 e. The molecule has 1 aliphatic rings. The first-order valence-corrected chi connectivity index (χ1v) is 10.7. The average Bonchev–Trinajstić information content (AvgIpc) is 3.30. The molecule has 0 atom stereocenters. The molecule has 0 bridgehead atoms. The summed E-state index contributed by atoms with van der Waals surface area (Å²) in [5, 5.41) is 7.16. The minimum atomic E-state index is -0.104. The molecular weight excluding hydrogens is 384 g/mol. The molecule has 6 heteroatoms. The van der Waals surface area contributed by atoms with Crippen molar-refractivity contribution in [3.8, 4) is 22.6 Å². The van der Waals surface area contributed by atoms with Gasteiger partial charge in [0.1, 0.15) is 17.6 Å². The van der Waals surface area contributed by atoms with Crippen LogP contribution in [0, 0.1) is 0 Å². The third kappa shape index (κ3) is 4.71. The predicted octanol–water partition coefficient (Wildman–Crippen LogP) is 5.50. The summed E-state index contributed by atoms with van der Waals surface area (Å²) in [4.78, 5) is 14.4. The fraction of sp³-hybridized carbons (Fsp3) is 0.261. The van der Waals surface area contributed by atoms with Gasteiger partial charge in [0.25, 0.3) is 0 Å². The first-order valence-electron chi connectivity index (χ1n) is 9.71. The van der Waals surface area contributed by atoms with Crippen molar-refractivity contribution in [1.82, 2.24) is 4.90 Å². The van der Waals surface area contributed by atoms with Crippen molar-refractivity contribution < 1.29 is 14.3 Å². The van der Waals surface area contributed by atoms with Crippen LogP contribution in [0.2, 0.25) is 0 Å². The van der Waals surface area contributed by atoms with Gasteiger partial charge in [-0.3, -0.25) is 0 Å². The van der Waals surface area contributed by atoms with Crippen LogP contribution in [-0.4, -0.2) is 37.2 Å². The molecular formula is C23H24N2O3S. The molecule has 2 aromatic carbocycles. The summed E-state index contributed by atoms with van der Waals surface area (Å²) in [7, 11) is 1.60. The third-order valence-corrected chi connectivity index (χ3v) is 5.77. The van der Waals surface area contributed by atoms with E-state index in [1.54, 1.807) is 18.4 Å². The SMILES string of the molecule is COc1ccccc1NC(=O)N1CCC(Oc2ccc(-c3ccsc3)cc2)CC1. The van der Waals surface area contributed by atoms with Crippen LogP contribution in [0.1, 0.15) is 12.8 Å². The standard InChI is InChI=1S/C23H24N2O3S/c1-27-22-5-3-2-4-21(22)24-23(26)25-13-10-20(11-14-25)28-19-8-6-17(7-9-19)18-12-15-29-16-18/h2-9,12,15-16,20H,10-11,13-14H2,1H3,(H,24,26). The Hall–Kier alpha value is -2.99. The molecule has 1 aliphatic heterocycles. The van der Waals surface area contributed by atoms with Crippen molar-refractivity contribution in [2.45, 2.75) is 18.9 Å². The van der Waals surface area contributed by atoms with E-state index >= 15 is 0 Å². The van der Waals surface area contributed by atoms with Crippen LogP contribution < -0.4 is 14.8 Å². The quantitative estimate of drug-likeness (QED) is 0.607. The number of anilines is 1. The van der Waals surface area contributed by atoms with Gasteiger partial charge in [-0.05, 0) is 52.2 Å². The van der Waals surface area contributed by atoms with E-state index in [9.17, 15) is 4.79 Å². The molecule has 1 saturated heterocycles. The molecule has 0 saturated carbocycles. The Morgan fingerprint density at radius 1 is 1.03 bits per heavy atom. The molecule has 1 fully saturated rings. The van der Waals surface area contributed by atoms with Crippen molar-refractivity contribution >= 4 is 23.1 Å². The molecule has 5 nitrogen and oxygen atoms in total. The Morgan fingerprint density at radius 3 is 2.48 bits per heavy atom. The number of rotatable bonds is 5. The number of amides is 2. The van der Waals surface area contributed by atoms with Crippen LogP contribution in [0.5, 0.6) is 11.5 Å². The normalized spacial score (nSPS) is 14.4. The lowest BCUT2D eigenvalue weighted by Gasteiger charge is -2.32. The van der Waals surface area contributed by atoms with E-state index in [2.05, 4.69) is 34.3 Å². The Morgan fingerprint density at radius 2 is 1.79 bits per heavy atom. The lowest BCUT2D eigenvalue weighted by Crippen LogP contribution is -2.43. The topological polar surface area (TPSA) is 50.8 Å². The molecule has 0 spiro atoms. The number of likely N-dealkylation sites (tertiary alicyclic amines) is 1. The number of benzene rings is 2. The molecule has 0 radical (unpaired) electrons. The molecule has 0 unspecified atom stereocenters. The second kappa shape index (κ2) is 9.01. The van der Waals surface area contributed by atoms with Crippen molar-refractivity contribution in [2.24, 2.45) is 0 Å². The second-order valence-electron chi connectivity index (χ2n) is 6.97. The summed E-state index contributed by atoms with van der Waals surface area (Å²) >= 11 is 1.70. The molecule has 150 valence electrons. The molecule has 2 heterocycles. The largest absolute Gasteiger partial charge is 0.495 e. The zero-order chi connectivity index (χ0) is 20.1.